The zero-order chi connectivity index (χ0) is 20.7. The fourth-order valence-corrected chi connectivity index (χ4v) is 4.67. The number of nitrogens with zero attached hydrogens (tertiary/aromatic N) is 5. The first kappa shape index (κ1) is 18.8. The maximum absolute atomic E-state index is 13.2. The van der Waals surface area contributed by atoms with Gasteiger partial charge >= 0.3 is 0 Å². The molecule has 0 fully saturated rings. The number of thioether (sulfide) groups is 1. The molecule has 4 heterocycles. The van der Waals surface area contributed by atoms with E-state index in [0.29, 0.717) is 32.7 Å². The van der Waals surface area contributed by atoms with Gasteiger partial charge in [0, 0.05) is 23.4 Å². The molecule has 1 amide bonds. The van der Waals surface area contributed by atoms with Gasteiger partial charge in [-0.3, -0.25) is 19.1 Å². The van der Waals surface area contributed by atoms with E-state index in [-0.39, 0.29) is 23.9 Å². The van der Waals surface area contributed by atoms with E-state index in [4.69, 9.17) is 11.6 Å². The highest BCUT2D eigenvalue weighted by molar-refractivity contribution is 7.99. The number of carbonyl (C=O) groups is 1. The summed E-state index contributed by atoms with van der Waals surface area (Å²) < 4.78 is 3.22. The number of halogens is 1. The summed E-state index contributed by atoms with van der Waals surface area (Å²) in [6.07, 6.45) is 4.91. The van der Waals surface area contributed by atoms with E-state index in [2.05, 4.69) is 20.4 Å². The number of nitrogens with one attached hydrogen (secondary N) is 1. The number of rotatable bonds is 4. The van der Waals surface area contributed by atoms with Crippen molar-refractivity contribution < 1.29 is 4.79 Å². The number of fused-ring (bicyclic) bond motifs is 2. The normalized spacial score (nSPS) is 15.3. The standard InChI is InChI=1S/C20H15ClN6O2S/c21-12-3-5-14(6-4-12)27-18-16(10-23-27)19(29)26-15(11-30-20(26)25-18)8-17(28)24-13-2-1-7-22-9-13/h1-7,9-10,15H,8,11H2,(H,24,28). The topological polar surface area (TPSA) is 94.7 Å². The third kappa shape index (κ3) is 3.35. The second kappa shape index (κ2) is 7.58. The van der Waals surface area contributed by atoms with Crippen LogP contribution in [0.15, 0.2) is 64.9 Å². The summed E-state index contributed by atoms with van der Waals surface area (Å²) in [5, 5.41) is 8.77. The second-order valence-electron chi connectivity index (χ2n) is 6.80. The SMILES string of the molecule is O=C(CC1CSc2nc3c(cnn3-c3ccc(Cl)cc3)c(=O)n21)Nc1cccnc1. The molecule has 5 rings (SSSR count). The van der Waals surface area contributed by atoms with Gasteiger partial charge in [0.15, 0.2) is 10.8 Å². The Labute approximate surface area is 179 Å². The van der Waals surface area contributed by atoms with E-state index in [0.717, 1.165) is 5.69 Å². The lowest BCUT2D eigenvalue weighted by atomic mass is 10.2. The van der Waals surface area contributed by atoms with Crippen molar-refractivity contribution in [3.05, 3.63) is 70.4 Å². The van der Waals surface area contributed by atoms with E-state index in [1.807, 2.05) is 12.1 Å². The number of pyridine rings is 1. The van der Waals surface area contributed by atoms with Gasteiger partial charge in [-0.1, -0.05) is 23.4 Å². The van der Waals surface area contributed by atoms with Crippen LogP contribution in [0.4, 0.5) is 5.69 Å². The van der Waals surface area contributed by atoms with E-state index < -0.39 is 0 Å². The summed E-state index contributed by atoms with van der Waals surface area (Å²) in [6.45, 7) is 0. The van der Waals surface area contributed by atoms with E-state index in [1.165, 1.54) is 18.0 Å². The highest BCUT2D eigenvalue weighted by Gasteiger charge is 2.29. The number of hydrogen-bond donors (Lipinski definition) is 1. The van der Waals surface area contributed by atoms with Crippen LogP contribution in [-0.2, 0) is 4.79 Å². The molecule has 0 saturated carbocycles. The first-order valence-corrected chi connectivity index (χ1v) is 10.6. The number of aromatic nitrogens is 5. The van der Waals surface area contributed by atoms with Gasteiger partial charge in [0.2, 0.25) is 5.91 Å². The molecule has 1 aromatic carbocycles. The lowest BCUT2D eigenvalue weighted by molar-refractivity contribution is -0.116. The molecular formula is C20H15ClN6O2S. The largest absolute Gasteiger partial charge is 0.325 e. The Bertz CT molecular complexity index is 1300. The molecule has 0 spiro atoms. The van der Waals surface area contributed by atoms with Gasteiger partial charge in [0.1, 0.15) is 5.39 Å². The summed E-state index contributed by atoms with van der Waals surface area (Å²) in [6, 6.07) is 10.4. The summed E-state index contributed by atoms with van der Waals surface area (Å²) in [5.74, 6) is 0.425. The Hall–Kier alpha value is -3.17. The van der Waals surface area contributed by atoms with Crippen LogP contribution in [0.25, 0.3) is 16.7 Å². The zero-order valence-corrected chi connectivity index (χ0v) is 17.1. The van der Waals surface area contributed by atoms with Crippen LogP contribution in [0, 0.1) is 0 Å². The molecule has 1 aliphatic heterocycles. The predicted octanol–water partition coefficient (Wildman–Crippen LogP) is 3.31. The van der Waals surface area contributed by atoms with Crippen LogP contribution in [0.3, 0.4) is 0 Å². The monoisotopic (exact) mass is 438 g/mol. The molecule has 10 heteroatoms. The van der Waals surface area contributed by atoms with Gasteiger partial charge in [0.25, 0.3) is 5.56 Å². The molecule has 8 nitrogen and oxygen atoms in total. The molecule has 150 valence electrons. The molecule has 30 heavy (non-hydrogen) atoms. The molecular weight excluding hydrogens is 424 g/mol. The van der Waals surface area contributed by atoms with Gasteiger partial charge in [-0.25, -0.2) is 9.67 Å². The Kier molecular flexibility index (Phi) is 4.76. The number of amides is 1. The van der Waals surface area contributed by atoms with Crippen molar-refractivity contribution in [1.82, 2.24) is 24.3 Å². The number of benzene rings is 1. The van der Waals surface area contributed by atoms with Crippen LogP contribution in [-0.4, -0.2) is 36.0 Å². The Morgan fingerprint density at radius 2 is 2.07 bits per heavy atom. The van der Waals surface area contributed by atoms with Gasteiger partial charge < -0.3 is 5.32 Å². The maximum atomic E-state index is 13.2. The average Bonchev–Trinajstić information content (AvgIpc) is 3.34. The minimum Gasteiger partial charge on any atom is -0.325 e. The van der Waals surface area contributed by atoms with Gasteiger partial charge in [-0.15, -0.1) is 0 Å². The van der Waals surface area contributed by atoms with Crippen molar-refractivity contribution in [3.8, 4) is 5.69 Å². The molecule has 1 atom stereocenters. The van der Waals surface area contributed by atoms with E-state index in [9.17, 15) is 9.59 Å². The third-order valence-corrected chi connectivity index (χ3v) is 6.16. The van der Waals surface area contributed by atoms with E-state index >= 15 is 0 Å². The smallest absolute Gasteiger partial charge is 0.265 e. The molecule has 0 bridgehead atoms. The van der Waals surface area contributed by atoms with Crippen LogP contribution in [0.5, 0.6) is 0 Å². The first-order chi connectivity index (χ1) is 14.6. The minimum absolute atomic E-state index is 0.174. The lowest BCUT2D eigenvalue weighted by Gasteiger charge is -2.13. The Morgan fingerprint density at radius 3 is 2.83 bits per heavy atom. The lowest BCUT2D eigenvalue weighted by Crippen LogP contribution is -2.27. The number of hydrogen-bond acceptors (Lipinski definition) is 6. The second-order valence-corrected chi connectivity index (χ2v) is 8.22. The molecule has 0 aliphatic carbocycles. The van der Waals surface area contributed by atoms with Crippen molar-refractivity contribution in [2.24, 2.45) is 0 Å². The zero-order valence-electron chi connectivity index (χ0n) is 15.5. The third-order valence-electron chi connectivity index (χ3n) is 4.81. The average molecular weight is 439 g/mol. The van der Waals surface area contributed by atoms with Crippen LogP contribution in [0.1, 0.15) is 12.5 Å². The summed E-state index contributed by atoms with van der Waals surface area (Å²) in [5.41, 5.74) is 1.68. The van der Waals surface area contributed by atoms with Crippen LogP contribution < -0.4 is 10.9 Å². The van der Waals surface area contributed by atoms with Gasteiger partial charge in [0.05, 0.1) is 29.8 Å². The number of anilines is 1. The van der Waals surface area contributed by atoms with Gasteiger partial charge in [-0.2, -0.15) is 5.10 Å². The fourth-order valence-electron chi connectivity index (χ4n) is 3.41. The maximum Gasteiger partial charge on any atom is 0.265 e. The first-order valence-electron chi connectivity index (χ1n) is 9.19. The van der Waals surface area contributed by atoms with Crippen molar-refractivity contribution in [2.75, 3.05) is 11.1 Å². The molecule has 0 radical (unpaired) electrons. The van der Waals surface area contributed by atoms with Crippen molar-refractivity contribution in [3.63, 3.8) is 0 Å². The number of carbonyl (C=O) groups excluding carboxylic acids is 1. The molecule has 1 unspecified atom stereocenters. The van der Waals surface area contributed by atoms with E-state index in [1.54, 1.807) is 45.9 Å². The highest BCUT2D eigenvalue weighted by atomic mass is 35.5. The van der Waals surface area contributed by atoms with Crippen LogP contribution >= 0.6 is 23.4 Å². The Balaban J connectivity index is 1.46. The van der Waals surface area contributed by atoms with Crippen molar-refractivity contribution >= 4 is 46.0 Å². The quantitative estimate of drug-likeness (QED) is 0.491. The Morgan fingerprint density at radius 1 is 1.23 bits per heavy atom. The highest BCUT2D eigenvalue weighted by Crippen LogP contribution is 2.33. The van der Waals surface area contributed by atoms with Crippen molar-refractivity contribution in [1.29, 1.82) is 0 Å². The van der Waals surface area contributed by atoms with Gasteiger partial charge in [-0.05, 0) is 36.4 Å². The minimum atomic E-state index is -0.273. The molecule has 1 aliphatic rings. The molecule has 4 aromatic rings. The molecule has 1 N–H and O–H groups in total. The summed E-state index contributed by atoms with van der Waals surface area (Å²) in [7, 11) is 0. The molecule has 3 aromatic heterocycles. The summed E-state index contributed by atoms with van der Waals surface area (Å²) >= 11 is 7.42. The van der Waals surface area contributed by atoms with Crippen molar-refractivity contribution in [2.45, 2.75) is 17.6 Å². The molecule has 0 saturated heterocycles. The summed E-state index contributed by atoms with van der Waals surface area (Å²) in [4.78, 5) is 34.3. The predicted molar refractivity (Wildman–Crippen MR) is 115 cm³/mol. The fraction of sp³-hybridized carbons (Fsp3) is 0.150. The van der Waals surface area contributed by atoms with Crippen LogP contribution in [0.2, 0.25) is 5.02 Å².